The smallest absolute Gasteiger partial charge is 0.189 e. The molecule has 0 bridgehead atoms. The lowest BCUT2D eigenvalue weighted by molar-refractivity contribution is -0.242. The number of carboxylic acid groups (broad SMARTS) is 1. The molecule has 1 aromatic heterocycles. The summed E-state index contributed by atoms with van der Waals surface area (Å²) in [5.74, 6) is -1.99. The van der Waals surface area contributed by atoms with Crippen LogP contribution in [0.25, 0.3) is 0 Å². The summed E-state index contributed by atoms with van der Waals surface area (Å²) in [5.41, 5.74) is -0.0862. The molecule has 0 aliphatic heterocycles. The molecule has 1 amide bonds. The molecular formula is C20H14ClF2N2O4S-. The fourth-order valence-electron chi connectivity index (χ4n) is 2.97. The van der Waals surface area contributed by atoms with Crippen LogP contribution in [0.5, 0.6) is 0 Å². The van der Waals surface area contributed by atoms with Crippen LogP contribution < -0.4 is 10.4 Å². The molecule has 6 nitrogen and oxygen atoms in total. The molecular weight excluding hydrogens is 438 g/mol. The van der Waals surface area contributed by atoms with Crippen molar-refractivity contribution in [1.29, 1.82) is 0 Å². The summed E-state index contributed by atoms with van der Waals surface area (Å²) < 4.78 is 55.6. The van der Waals surface area contributed by atoms with E-state index in [1.165, 1.54) is 37.4 Å². The third-order valence-electron chi connectivity index (χ3n) is 4.35. The lowest BCUT2D eigenvalue weighted by atomic mass is 10.0. The summed E-state index contributed by atoms with van der Waals surface area (Å²) in [5, 5.41) is 11.4. The van der Waals surface area contributed by atoms with Gasteiger partial charge in [-0.15, -0.1) is 0 Å². The highest BCUT2D eigenvalue weighted by Gasteiger charge is 2.34. The van der Waals surface area contributed by atoms with Gasteiger partial charge in [-0.05, 0) is 66.6 Å². The molecule has 0 saturated carbocycles. The molecule has 3 aromatic rings. The second kappa shape index (κ2) is 8.37. The number of pyridine rings is 1. The van der Waals surface area contributed by atoms with Gasteiger partial charge >= 0.3 is 0 Å². The average molecular weight is 452 g/mol. The highest BCUT2D eigenvalue weighted by atomic mass is 35.5. The Labute approximate surface area is 176 Å². The summed E-state index contributed by atoms with van der Waals surface area (Å²) in [6.07, 6.45) is -0.436. The van der Waals surface area contributed by atoms with E-state index in [0.29, 0.717) is 10.6 Å². The van der Waals surface area contributed by atoms with Gasteiger partial charge in [0.15, 0.2) is 9.84 Å². The standard InChI is InChI=1S/C20H15ClF2N2O4S/c1-11-10-24-18(25-20(26)27)9-15(11)19(16-8-13(22)4-7-17(16)23)30(28,29)14-5-2-12(21)3-6-14/h2-10,19H,1H3,(H,24,25)(H,26,27)/p-1. The molecule has 10 heteroatoms. The molecule has 0 saturated heterocycles. The Morgan fingerprint density at radius 1 is 1.10 bits per heavy atom. The predicted octanol–water partition coefficient (Wildman–Crippen LogP) is 3.64. The average Bonchev–Trinajstić information content (AvgIpc) is 2.67. The number of carbonyl (C=O) groups excluding carboxylic acids is 1. The highest BCUT2D eigenvalue weighted by molar-refractivity contribution is 7.92. The van der Waals surface area contributed by atoms with Crippen LogP contribution in [0.15, 0.2) is 59.6 Å². The van der Waals surface area contributed by atoms with Gasteiger partial charge in [0.05, 0.1) is 4.90 Å². The third-order valence-corrected chi connectivity index (χ3v) is 6.66. The van der Waals surface area contributed by atoms with E-state index in [0.717, 1.165) is 24.3 Å². The number of hydrogen-bond acceptors (Lipinski definition) is 5. The first kappa shape index (κ1) is 21.7. The van der Waals surface area contributed by atoms with Crippen molar-refractivity contribution < 1.29 is 27.1 Å². The molecule has 30 heavy (non-hydrogen) atoms. The zero-order chi connectivity index (χ0) is 22.1. The van der Waals surface area contributed by atoms with Crippen molar-refractivity contribution in [3.05, 3.63) is 88.1 Å². The number of benzene rings is 2. The number of anilines is 1. The zero-order valence-electron chi connectivity index (χ0n) is 15.4. The molecule has 0 aliphatic rings. The Morgan fingerprint density at radius 2 is 1.77 bits per heavy atom. The van der Waals surface area contributed by atoms with Gasteiger partial charge in [0.1, 0.15) is 28.8 Å². The van der Waals surface area contributed by atoms with Gasteiger partial charge in [0.25, 0.3) is 0 Å². The van der Waals surface area contributed by atoms with Crippen LogP contribution in [0.4, 0.5) is 19.4 Å². The van der Waals surface area contributed by atoms with Crippen molar-refractivity contribution in [1.82, 2.24) is 4.98 Å². The van der Waals surface area contributed by atoms with Crippen molar-refractivity contribution >= 4 is 33.3 Å². The number of sulfone groups is 1. The van der Waals surface area contributed by atoms with E-state index in [1.807, 2.05) is 5.32 Å². The van der Waals surface area contributed by atoms with Gasteiger partial charge in [0, 0.05) is 16.8 Å². The summed E-state index contributed by atoms with van der Waals surface area (Å²) in [4.78, 5) is 14.5. The summed E-state index contributed by atoms with van der Waals surface area (Å²) in [6.45, 7) is 1.52. The van der Waals surface area contributed by atoms with E-state index in [1.54, 1.807) is 0 Å². The minimum atomic E-state index is -4.31. The van der Waals surface area contributed by atoms with E-state index in [4.69, 9.17) is 11.6 Å². The fraction of sp³-hybridized carbons (Fsp3) is 0.100. The third kappa shape index (κ3) is 4.42. The number of aryl methyl sites for hydroxylation is 1. The monoisotopic (exact) mass is 451 g/mol. The molecule has 2 aromatic carbocycles. The van der Waals surface area contributed by atoms with Gasteiger partial charge in [0.2, 0.25) is 0 Å². The number of aromatic nitrogens is 1. The SMILES string of the molecule is Cc1cnc(NC(=O)[O-])cc1C(c1cc(F)ccc1F)S(=O)(=O)c1ccc(Cl)cc1. The van der Waals surface area contributed by atoms with Gasteiger partial charge in [-0.25, -0.2) is 22.2 Å². The number of rotatable bonds is 5. The van der Waals surface area contributed by atoms with Crippen LogP contribution in [0.2, 0.25) is 5.02 Å². The second-order valence-electron chi connectivity index (χ2n) is 6.38. The number of amides is 1. The second-order valence-corrected chi connectivity index (χ2v) is 8.85. The number of nitrogens with zero attached hydrogens (tertiary/aromatic N) is 1. The fourth-order valence-corrected chi connectivity index (χ4v) is 4.99. The first-order chi connectivity index (χ1) is 14.1. The molecule has 0 aliphatic carbocycles. The van der Waals surface area contributed by atoms with Gasteiger partial charge in [-0.2, -0.15) is 0 Å². The quantitative estimate of drug-likeness (QED) is 0.638. The molecule has 1 unspecified atom stereocenters. The van der Waals surface area contributed by atoms with Crippen LogP contribution in [-0.2, 0) is 9.84 Å². The Bertz CT molecular complexity index is 1220. The van der Waals surface area contributed by atoms with Crippen LogP contribution >= 0.6 is 11.6 Å². The molecule has 3 rings (SSSR count). The lowest BCUT2D eigenvalue weighted by Gasteiger charge is -2.22. The molecule has 0 spiro atoms. The maximum atomic E-state index is 14.7. The first-order valence-electron chi connectivity index (χ1n) is 8.48. The van der Waals surface area contributed by atoms with Gasteiger partial charge < -0.3 is 15.2 Å². The maximum Gasteiger partial charge on any atom is 0.189 e. The molecule has 0 radical (unpaired) electrons. The van der Waals surface area contributed by atoms with Crippen LogP contribution in [0, 0.1) is 18.6 Å². The predicted molar refractivity (Wildman–Crippen MR) is 105 cm³/mol. The van der Waals surface area contributed by atoms with E-state index >= 15 is 0 Å². The van der Waals surface area contributed by atoms with E-state index in [9.17, 15) is 27.1 Å². The topological polar surface area (TPSA) is 99.2 Å². The largest absolute Gasteiger partial charge is 0.530 e. The van der Waals surface area contributed by atoms with E-state index < -0.39 is 38.4 Å². The van der Waals surface area contributed by atoms with Gasteiger partial charge in [-0.3, -0.25) is 0 Å². The summed E-state index contributed by atoms with van der Waals surface area (Å²) in [6, 6.07) is 8.84. The van der Waals surface area contributed by atoms with Crippen molar-refractivity contribution in [3.8, 4) is 0 Å². The first-order valence-corrected chi connectivity index (χ1v) is 10.4. The minimum absolute atomic E-state index is 0.0215. The van der Waals surface area contributed by atoms with Crippen LogP contribution in [-0.4, -0.2) is 19.5 Å². The Morgan fingerprint density at radius 3 is 2.40 bits per heavy atom. The van der Waals surface area contributed by atoms with Crippen molar-refractivity contribution in [3.63, 3.8) is 0 Å². The molecule has 156 valence electrons. The van der Waals surface area contributed by atoms with E-state index in [2.05, 4.69) is 4.98 Å². The van der Waals surface area contributed by atoms with Crippen molar-refractivity contribution in [2.75, 3.05) is 5.32 Å². The molecule has 1 N–H and O–H groups in total. The number of carbonyl (C=O) groups is 1. The number of hydrogen-bond donors (Lipinski definition) is 1. The molecule has 1 atom stereocenters. The highest BCUT2D eigenvalue weighted by Crippen LogP contribution is 2.39. The van der Waals surface area contributed by atoms with Crippen molar-refractivity contribution in [2.45, 2.75) is 17.1 Å². The Balaban J connectivity index is 2.30. The summed E-state index contributed by atoms with van der Waals surface area (Å²) >= 11 is 5.83. The normalized spacial score (nSPS) is 12.4. The minimum Gasteiger partial charge on any atom is -0.530 e. The lowest BCUT2D eigenvalue weighted by Crippen LogP contribution is -2.29. The van der Waals surface area contributed by atoms with E-state index in [-0.39, 0.29) is 16.3 Å². The van der Waals surface area contributed by atoms with Crippen molar-refractivity contribution in [2.24, 2.45) is 0 Å². The molecule has 1 heterocycles. The number of halogens is 3. The van der Waals surface area contributed by atoms with Crippen LogP contribution in [0.1, 0.15) is 21.9 Å². The summed E-state index contributed by atoms with van der Waals surface area (Å²) in [7, 11) is -4.31. The zero-order valence-corrected chi connectivity index (χ0v) is 17.0. The van der Waals surface area contributed by atoms with Gasteiger partial charge in [-0.1, -0.05) is 11.6 Å². The number of nitrogens with one attached hydrogen (secondary N) is 1. The Hall–Kier alpha value is -3.04. The Kier molecular flexibility index (Phi) is 6.04. The molecule has 0 fully saturated rings. The van der Waals surface area contributed by atoms with Crippen LogP contribution in [0.3, 0.4) is 0 Å². The maximum absolute atomic E-state index is 14.7.